The van der Waals surface area contributed by atoms with Gasteiger partial charge in [-0.3, -0.25) is 19.8 Å². The number of nitrogens with one attached hydrogen (secondary N) is 1. The molecule has 1 saturated heterocycles. The molecule has 3 aromatic rings. The maximum Gasteiger partial charge on any atom is 0.247 e. The van der Waals surface area contributed by atoms with Gasteiger partial charge in [0.2, 0.25) is 11.8 Å². The van der Waals surface area contributed by atoms with Crippen molar-refractivity contribution in [3.05, 3.63) is 66.9 Å². The Balaban J connectivity index is 1.23. The summed E-state index contributed by atoms with van der Waals surface area (Å²) in [6.45, 7) is 2.73. The van der Waals surface area contributed by atoms with E-state index in [0.717, 1.165) is 29.7 Å². The van der Waals surface area contributed by atoms with Crippen LogP contribution in [0.2, 0.25) is 0 Å². The van der Waals surface area contributed by atoms with Gasteiger partial charge in [0.05, 0.1) is 23.5 Å². The number of rotatable bonds is 5. The minimum absolute atomic E-state index is 0.0125. The normalized spacial score (nSPS) is 22.6. The van der Waals surface area contributed by atoms with E-state index in [-0.39, 0.29) is 12.0 Å². The zero-order valence-electron chi connectivity index (χ0n) is 19.5. The van der Waals surface area contributed by atoms with E-state index in [1.807, 2.05) is 53.4 Å². The molecule has 2 aliphatic rings. The van der Waals surface area contributed by atoms with E-state index in [1.165, 1.54) is 0 Å². The average molecular weight is 475 g/mol. The summed E-state index contributed by atoms with van der Waals surface area (Å²) >= 11 is 0. The van der Waals surface area contributed by atoms with Crippen LogP contribution >= 0.6 is 0 Å². The van der Waals surface area contributed by atoms with Crippen LogP contribution in [0.3, 0.4) is 0 Å². The fourth-order valence-corrected chi connectivity index (χ4v) is 5.29. The van der Waals surface area contributed by atoms with Crippen LogP contribution in [0.1, 0.15) is 19.3 Å². The third kappa shape index (κ3) is 5.07. The first-order chi connectivity index (χ1) is 17.1. The number of pyridine rings is 1. The van der Waals surface area contributed by atoms with Crippen LogP contribution in [0.4, 0.5) is 5.69 Å². The highest BCUT2D eigenvalue weighted by molar-refractivity contribution is 5.87. The number of carbonyl (C=O) groups excluding carboxylic acids is 2. The number of amides is 2. The number of ether oxygens (including phenoxy) is 1. The van der Waals surface area contributed by atoms with Crippen molar-refractivity contribution >= 4 is 28.4 Å². The molecule has 2 aromatic carbocycles. The number of fused-ring (bicyclic) bond motifs is 1. The van der Waals surface area contributed by atoms with Crippen LogP contribution in [0.15, 0.2) is 66.9 Å². The van der Waals surface area contributed by atoms with Gasteiger partial charge in [0.25, 0.3) is 0 Å². The quantitative estimate of drug-likeness (QED) is 0.436. The molecule has 2 heterocycles. The summed E-state index contributed by atoms with van der Waals surface area (Å²) in [4.78, 5) is 34.5. The molecule has 1 aliphatic carbocycles. The molecular weight excluding hydrogens is 444 g/mol. The maximum atomic E-state index is 13.4. The zero-order valence-corrected chi connectivity index (χ0v) is 19.5. The van der Waals surface area contributed by atoms with Crippen molar-refractivity contribution in [3.8, 4) is 5.75 Å². The summed E-state index contributed by atoms with van der Waals surface area (Å²) in [5, 5.41) is 10.4. The van der Waals surface area contributed by atoms with Gasteiger partial charge in [0, 0.05) is 43.4 Å². The zero-order chi connectivity index (χ0) is 24.2. The molecule has 1 aromatic heterocycles. The smallest absolute Gasteiger partial charge is 0.247 e. The van der Waals surface area contributed by atoms with Crippen molar-refractivity contribution in [1.82, 2.24) is 15.4 Å². The van der Waals surface area contributed by atoms with Gasteiger partial charge in [-0.25, -0.2) is 5.48 Å². The third-order valence-corrected chi connectivity index (χ3v) is 7.16. The molecule has 5 rings (SSSR count). The summed E-state index contributed by atoms with van der Waals surface area (Å²) in [5.74, 6) is -0.934. The predicted octanol–water partition coefficient (Wildman–Crippen LogP) is 3.25. The average Bonchev–Trinajstić information content (AvgIpc) is 2.92. The molecule has 0 bridgehead atoms. The number of anilines is 1. The molecule has 35 heavy (non-hydrogen) atoms. The second kappa shape index (κ2) is 10.3. The van der Waals surface area contributed by atoms with Crippen LogP contribution < -0.4 is 15.1 Å². The first kappa shape index (κ1) is 23.1. The minimum atomic E-state index is -0.638. The Morgan fingerprint density at radius 3 is 2.51 bits per heavy atom. The van der Waals surface area contributed by atoms with Gasteiger partial charge in [0.15, 0.2) is 0 Å². The second-order valence-corrected chi connectivity index (χ2v) is 9.25. The van der Waals surface area contributed by atoms with Crippen molar-refractivity contribution < 1.29 is 19.5 Å². The van der Waals surface area contributed by atoms with E-state index in [1.54, 1.807) is 11.7 Å². The second-order valence-electron chi connectivity index (χ2n) is 9.25. The topological polar surface area (TPSA) is 95.0 Å². The van der Waals surface area contributed by atoms with E-state index < -0.39 is 17.7 Å². The first-order valence-corrected chi connectivity index (χ1v) is 12.2. The molecular formula is C27H30N4O4. The number of nitrogens with zero attached hydrogens (tertiary/aromatic N) is 3. The van der Waals surface area contributed by atoms with Crippen LogP contribution in [0.5, 0.6) is 5.75 Å². The van der Waals surface area contributed by atoms with Gasteiger partial charge in [-0.2, -0.15) is 0 Å². The van der Waals surface area contributed by atoms with E-state index in [2.05, 4.69) is 22.0 Å². The molecule has 2 fully saturated rings. The first-order valence-electron chi connectivity index (χ1n) is 12.2. The Bertz CT molecular complexity index is 1180. The van der Waals surface area contributed by atoms with Crippen molar-refractivity contribution in [2.24, 2.45) is 11.8 Å². The largest absolute Gasteiger partial charge is 0.490 e. The summed E-state index contributed by atoms with van der Waals surface area (Å²) in [7, 11) is 0. The molecule has 1 aliphatic heterocycles. The molecule has 2 amide bonds. The van der Waals surface area contributed by atoms with E-state index >= 15 is 0 Å². The lowest BCUT2D eigenvalue weighted by Gasteiger charge is -2.40. The number of para-hydroxylation sites is 1. The Hall–Kier alpha value is -3.65. The number of carbonyl (C=O) groups is 2. The molecule has 182 valence electrons. The summed E-state index contributed by atoms with van der Waals surface area (Å²) in [6.07, 6.45) is 3.11. The summed E-state index contributed by atoms with van der Waals surface area (Å²) in [6, 6.07) is 19.8. The molecule has 3 atom stereocenters. The van der Waals surface area contributed by atoms with Crippen LogP contribution in [-0.2, 0) is 9.59 Å². The number of aromatic nitrogens is 1. The number of piperazine rings is 1. The Kier molecular flexibility index (Phi) is 6.81. The minimum Gasteiger partial charge on any atom is -0.490 e. The highest BCUT2D eigenvalue weighted by Gasteiger charge is 2.42. The molecule has 1 saturated carbocycles. The van der Waals surface area contributed by atoms with Crippen molar-refractivity contribution in [2.45, 2.75) is 25.4 Å². The summed E-state index contributed by atoms with van der Waals surface area (Å²) in [5.41, 5.74) is 3.82. The number of benzene rings is 2. The Labute approximate surface area is 204 Å². The molecule has 0 radical (unpaired) electrons. The fourth-order valence-electron chi connectivity index (χ4n) is 5.29. The van der Waals surface area contributed by atoms with Gasteiger partial charge in [-0.15, -0.1) is 0 Å². The maximum absolute atomic E-state index is 13.4. The lowest BCUT2D eigenvalue weighted by molar-refractivity contribution is -0.148. The van der Waals surface area contributed by atoms with Crippen LogP contribution in [0, 0.1) is 11.8 Å². The standard InChI is InChI=1S/C27H30N4O4/c32-26(29-34)24-18-22(35-21-9-11-25-19(17-21)5-4-12-28-25)8-10-23(24)27(33)31-15-13-30(14-16-31)20-6-2-1-3-7-20/h1-7,9,11-12,17,22-24,34H,8,10,13-16,18H2,(H,29,32)/t22?,23-,24-/m0/s1. The molecule has 2 N–H and O–H groups in total. The number of hydroxylamine groups is 1. The van der Waals surface area contributed by atoms with Gasteiger partial charge in [0.1, 0.15) is 5.75 Å². The summed E-state index contributed by atoms with van der Waals surface area (Å²) < 4.78 is 6.20. The van der Waals surface area contributed by atoms with E-state index in [0.29, 0.717) is 38.1 Å². The van der Waals surface area contributed by atoms with Crippen molar-refractivity contribution in [2.75, 3.05) is 31.1 Å². The highest BCUT2D eigenvalue weighted by atomic mass is 16.5. The van der Waals surface area contributed by atoms with Gasteiger partial charge < -0.3 is 14.5 Å². The number of hydrogen-bond donors (Lipinski definition) is 2. The van der Waals surface area contributed by atoms with E-state index in [4.69, 9.17) is 4.74 Å². The Morgan fingerprint density at radius 2 is 1.74 bits per heavy atom. The van der Waals surface area contributed by atoms with Crippen LogP contribution in [0.25, 0.3) is 10.9 Å². The molecule has 0 spiro atoms. The van der Waals surface area contributed by atoms with Crippen molar-refractivity contribution in [1.29, 1.82) is 0 Å². The molecule has 1 unspecified atom stereocenters. The SMILES string of the molecule is O=C(NO)[C@H]1CC(Oc2ccc3ncccc3c2)CC[C@@H]1C(=O)N1CCN(c2ccccc2)CC1. The fraction of sp³-hybridized carbons (Fsp3) is 0.370. The van der Waals surface area contributed by atoms with E-state index in [9.17, 15) is 14.8 Å². The Morgan fingerprint density at radius 1 is 0.943 bits per heavy atom. The third-order valence-electron chi connectivity index (χ3n) is 7.16. The van der Waals surface area contributed by atoms with Crippen LogP contribution in [-0.4, -0.2) is 59.2 Å². The molecule has 8 nitrogen and oxygen atoms in total. The number of hydrogen-bond acceptors (Lipinski definition) is 6. The predicted molar refractivity (Wildman–Crippen MR) is 132 cm³/mol. The van der Waals surface area contributed by atoms with Crippen molar-refractivity contribution in [3.63, 3.8) is 0 Å². The van der Waals surface area contributed by atoms with Gasteiger partial charge >= 0.3 is 0 Å². The lowest BCUT2D eigenvalue weighted by atomic mass is 9.76. The monoisotopic (exact) mass is 474 g/mol. The molecule has 8 heteroatoms. The van der Waals surface area contributed by atoms with Gasteiger partial charge in [-0.05, 0) is 55.7 Å². The highest BCUT2D eigenvalue weighted by Crippen LogP contribution is 2.35. The lowest BCUT2D eigenvalue weighted by Crippen LogP contribution is -2.53. The van der Waals surface area contributed by atoms with Gasteiger partial charge in [-0.1, -0.05) is 24.3 Å².